The van der Waals surface area contributed by atoms with E-state index in [2.05, 4.69) is 54.5 Å². The summed E-state index contributed by atoms with van der Waals surface area (Å²) in [4.78, 5) is 0. The summed E-state index contributed by atoms with van der Waals surface area (Å²) in [6, 6.07) is 0. The van der Waals surface area contributed by atoms with Gasteiger partial charge in [0.1, 0.15) is 0 Å². The maximum absolute atomic E-state index is 11.0. The highest BCUT2D eigenvalue weighted by atomic mass is 16.5. The summed E-state index contributed by atoms with van der Waals surface area (Å²) in [5.74, 6) is 1.62. The third kappa shape index (κ3) is 2.99. The molecule has 5 aliphatic carbocycles. The summed E-state index contributed by atoms with van der Waals surface area (Å²) in [5.41, 5.74) is 2.62. The normalized spacial score (nSPS) is 56.4. The van der Waals surface area contributed by atoms with Crippen LogP contribution >= 0.6 is 0 Å². The van der Waals surface area contributed by atoms with Crippen molar-refractivity contribution in [3.8, 4) is 0 Å². The lowest BCUT2D eigenvalue weighted by molar-refractivity contribution is -0.219. The van der Waals surface area contributed by atoms with Crippen molar-refractivity contribution in [3.05, 3.63) is 11.6 Å². The summed E-state index contributed by atoms with van der Waals surface area (Å²) in [6.07, 6.45) is 13.1. The van der Waals surface area contributed by atoms with Gasteiger partial charge in [0, 0.05) is 17.9 Å². The zero-order valence-corrected chi connectivity index (χ0v) is 23.3. The van der Waals surface area contributed by atoms with E-state index in [-0.39, 0.29) is 39.8 Å². The van der Waals surface area contributed by atoms with Crippen LogP contribution in [0.4, 0.5) is 0 Å². The van der Waals surface area contributed by atoms with Gasteiger partial charge in [-0.05, 0) is 97.2 Å². The van der Waals surface area contributed by atoms with Crippen molar-refractivity contribution < 1.29 is 14.9 Å². The average molecular weight is 473 g/mol. The third-order valence-electron chi connectivity index (χ3n) is 13.5. The molecule has 4 fully saturated rings. The highest BCUT2D eigenvalue weighted by Gasteiger charge is 2.69. The minimum atomic E-state index is -0.379. The van der Waals surface area contributed by atoms with Gasteiger partial charge in [-0.25, -0.2) is 0 Å². The molecule has 0 aromatic carbocycles. The Morgan fingerprint density at radius 1 is 0.882 bits per heavy atom. The van der Waals surface area contributed by atoms with Gasteiger partial charge < -0.3 is 14.9 Å². The molecule has 194 valence electrons. The largest absolute Gasteiger partial charge is 0.396 e. The fourth-order valence-corrected chi connectivity index (χ4v) is 11.0. The van der Waals surface area contributed by atoms with Crippen molar-refractivity contribution >= 4 is 0 Å². The highest BCUT2D eigenvalue weighted by molar-refractivity contribution is 5.34. The third-order valence-corrected chi connectivity index (χ3v) is 13.5. The first-order valence-electron chi connectivity index (χ1n) is 14.2. The average Bonchev–Trinajstić information content (AvgIpc) is 2.77. The van der Waals surface area contributed by atoms with Gasteiger partial charge in [0.25, 0.3) is 0 Å². The van der Waals surface area contributed by atoms with Gasteiger partial charge in [0.05, 0.1) is 18.8 Å². The molecule has 2 N–H and O–H groups in total. The Labute approximate surface area is 209 Å². The zero-order valence-electron chi connectivity index (χ0n) is 23.3. The summed E-state index contributed by atoms with van der Waals surface area (Å²) in [5, 5.41) is 21.4. The van der Waals surface area contributed by atoms with Gasteiger partial charge in [0.15, 0.2) is 0 Å². The maximum atomic E-state index is 11.0. The molecule has 0 saturated heterocycles. The van der Waals surface area contributed by atoms with Gasteiger partial charge in [-0.3, -0.25) is 0 Å². The SMILES string of the molecule is CO[C@@H]1CC(C)(C)C[C@H]2C3=CCC4[C@@]5(C)CC[C@H](O)[C@](C)(CO)C5CC[C@@]4(C)C3(C)CC[C@@]12C. The Bertz CT molecular complexity index is 863. The van der Waals surface area contributed by atoms with Crippen LogP contribution < -0.4 is 0 Å². The van der Waals surface area contributed by atoms with Crippen molar-refractivity contribution in [3.63, 3.8) is 0 Å². The summed E-state index contributed by atoms with van der Waals surface area (Å²) >= 11 is 0. The quantitative estimate of drug-likeness (QED) is 0.436. The molecule has 0 radical (unpaired) electrons. The number of methoxy groups -OCH3 is 1. The Morgan fingerprint density at radius 3 is 2.24 bits per heavy atom. The van der Waals surface area contributed by atoms with Crippen molar-refractivity contribution in [2.75, 3.05) is 13.7 Å². The fraction of sp³-hybridized carbons (Fsp3) is 0.935. The molecule has 0 amide bonds. The van der Waals surface area contributed by atoms with Gasteiger partial charge in [0.2, 0.25) is 0 Å². The Kier molecular flexibility index (Phi) is 5.63. The number of ether oxygens (including phenoxy) is 1. The van der Waals surface area contributed by atoms with E-state index < -0.39 is 0 Å². The van der Waals surface area contributed by atoms with Crippen LogP contribution in [0.2, 0.25) is 0 Å². The van der Waals surface area contributed by atoms with Crippen LogP contribution in [-0.2, 0) is 4.74 Å². The van der Waals surface area contributed by atoms with Gasteiger partial charge in [-0.15, -0.1) is 0 Å². The number of rotatable bonds is 2. The van der Waals surface area contributed by atoms with Crippen LogP contribution in [0.25, 0.3) is 0 Å². The van der Waals surface area contributed by atoms with Crippen molar-refractivity contribution in [2.24, 2.45) is 50.2 Å². The van der Waals surface area contributed by atoms with Gasteiger partial charge in [-0.2, -0.15) is 0 Å². The number of hydrogen-bond acceptors (Lipinski definition) is 3. The van der Waals surface area contributed by atoms with Crippen LogP contribution in [-0.4, -0.2) is 36.1 Å². The molecule has 0 aliphatic heterocycles. The molecule has 0 spiro atoms. The molecule has 5 aliphatic rings. The fourth-order valence-electron chi connectivity index (χ4n) is 11.0. The smallest absolute Gasteiger partial charge is 0.0635 e. The lowest BCUT2D eigenvalue weighted by atomic mass is 9.33. The monoisotopic (exact) mass is 472 g/mol. The van der Waals surface area contributed by atoms with Gasteiger partial charge in [-0.1, -0.05) is 60.1 Å². The predicted octanol–water partition coefficient (Wildman–Crippen LogP) is 6.77. The van der Waals surface area contributed by atoms with Crippen LogP contribution in [0, 0.1) is 50.2 Å². The molecule has 3 unspecified atom stereocenters. The van der Waals surface area contributed by atoms with Crippen LogP contribution in [0.15, 0.2) is 11.6 Å². The summed E-state index contributed by atoms with van der Waals surface area (Å²) < 4.78 is 6.20. The van der Waals surface area contributed by atoms with E-state index in [1.165, 1.54) is 32.1 Å². The van der Waals surface area contributed by atoms with Crippen molar-refractivity contribution in [2.45, 2.75) is 118 Å². The van der Waals surface area contributed by atoms with Crippen molar-refractivity contribution in [1.82, 2.24) is 0 Å². The van der Waals surface area contributed by atoms with E-state index in [1.54, 1.807) is 5.57 Å². The van der Waals surface area contributed by atoms with Gasteiger partial charge >= 0.3 is 0 Å². The number of hydrogen-bond donors (Lipinski definition) is 2. The zero-order chi connectivity index (χ0) is 24.9. The minimum Gasteiger partial charge on any atom is -0.396 e. The summed E-state index contributed by atoms with van der Waals surface area (Å²) in [6.45, 7) is 17.5. The maximum Gasteiger partial charge on any atom is 0.0635 e. The van der Waals surface area contributed by atoms with Crippen LogP contribution in [0.5, 0.6) is 0 Å². The topological polar surface area (TPSA) is 49.7 Å². The van der Waals surface area contributed by atoms with E-state index in [9.17, 15) is 10.2 Å². The molecule has 0 bridgehead atoms. The first kappa shape index (κ1) is 25.3. The lowest BCUT2D eigenvalue weighted by Crippen LogP contribution is -2.66. The number of aliphatic hydroxyl groups excluding tert-OH is 2. The molecule has 5 rings (SSSR count). The number of aliphatic hydroxyl groups is 2. The number of allylic oxidation sites excluding steroid dienone is 2. The first-order valence-corrected chi connectivity index (χ1v) is 14.2. The molecular weight excluding hydrogens is 420 g/mol. The van der Waals surface area contributed by atoms with E-state index >= 15 is 0 Å². The molecule has 4 saturated carbocycles. The second kappa shape index (κ2) is 7.57. The first-order chi connectivity index (χ1) is 15.7. The predicted molar refractivity (Wildman–Crippen MR) is 138 cm³/mol. The molecule has 0 aromatic heterocycles. The van der Waals surface area contributed by atoms with E-state index in [1.807, 2.05) is 7.11 Å². The summed E-state index contributed by atoms with van der Waals surface area (Å²) in [7, 11) is 1.94. The van der Waals surface area contributed by atoms with E-state index in [4.69, 9.17) is 4.74 Å². The second-order valence-corrected chi connectivity index (χ2v) is 15.4. The van der Waals surface area contributed by atoms with E-state index in [0.29, 0.717) is 29.3 Å². The number of fused-ring (bicyclic) bond motifs is 7. The van der Waals surface area contributed by atoms with E-state index in [0.717, 1.165) is 25.7 Å². The molecule has 34 heavy (non-hydrogen) atoms. The Hall–Kier alpha value is -0.380. The minimum absolute atomic E-state index is 0.101. The molecule has 3 heteroatoms. The molecule has 0 heterocycles. The molecule has 10 atom stereocenters. The Balaban J connectivity index is 1.58. The van der Waals surface area contributed by atoms with Crippen LogP contribution in [0.1, 0.15) is 106 Å². The molecule has 3 nitrogen and oxygen atoms in total. The Morgan fingerprint density at radius 2 is 1.59 bits per heavy atom. The molecular formula is C31H52O3. The van der Waals surface area contributed by atoms with Crippen LogP contribution in [0.3, 0.4) is 0 Å². The molecule has 0 aromatic rings. The second-order valence-electron chi connectivity index (χ2n) is 15.4. The highest BCUT2D eigenvalue weighted by Crippen LogP contribution is 2.75. The standard InChI is InChI=1S/C31H52O3/c1-26(2)17-21-20-9-10-23-28(4)13-12-24(33)29(5,19-32)22(28)11-14-31(23,7)30(20,6)16-15-27(21,3)25(18-26)34-8/h9,21-25,32-33H,10-19H2,1-8H3/t21-,22?,23?,24-,25+,27+,28-,29+,30?,31+/m0/s1. The lowest BCUT2D eigenvalue weighted by Gasteiger charge is -2.71. The van der Waals surface area contributed by atoms with Crippen molar-refractivity contribution in [1.29, 1.82) is 0 Å².